The number of para-hydroxylation sites is 4. The molecule has 1 aliphatic rings. The fraction of sp³-hybridized carbons (Fsp3) is 0.0727. The van der Waals surface area contributed by atoms with Gasteiger partial charge in [0.25, 0.3) is 0 Å². The summed E-state index contributed by atoms with van der Waals surface area (Å²) in [6, 6.07) is 66.3. The van der Waals surface area contributed by atoms with Crippen LogP contribution in [0.15, 0.2) is 192 Å². The van der Waals surface area contributed by atoms with Crippen LogP contribution in [0.2, 0.25) is 0 Å². The van der Waals surface area contributed by atoms with Gasteiger partial charge in [-0.1, -0.05) is 164 Å². The summed E-state index contributed by atoms with van der Waals surface area (Å²) in [5.74, 6) is 1.96. The third kappa shape index (κ3) is 5.36. The number of fused-ring (bicyclic) bond motifs is 5. The van der Waals surface area contributed by atoms with Crippen LogP contribution in [0.1, 0.15) is 38.9 Å². The SMILES string of the molecule is Cc1cc(N2c3ccccc3C(c3ccccc3)(c3cccc4c3oc3ccccc34)c3ccccc32)c(C)c(C)c1-c1nc(-c2ccccc2)nc(-c2ccccc2)n1. The Labute approximate surface area is 349 Å². The Balaban J connectivity index is 1.15. The second-order valence-corrected chi connectivity index (χ2v) is 15.6. The van der Waals surface area contributed by atoms with E-state index in [0.29, 0.717) is 17.5 Å². The van der Waals surface area contributed by atoms with Crippen molar-refractivity contribution in [3.63, 3.8) is 0 Å². The van der Waals surface area contributed by atoms with Gasteiger partial charge in [-0.15, -0.1) is 0 Å². The molecule has 0 aliphatic carbocycles. The van der Waals surface area contributed by atoms with Crippen molar-refractivity contribution >= 4 is 39.0 Å². The van der Waals surface area contributed by atoms with Gasteiger partial charge in [-0.2, -0.15) is 0 Å². The van der Waals surface area contributed by atoms with Crippen LogP contribution >= 0.6 is 0 Å². The lowest BCUT2D eigenvalue weighted by molar-refractivity contribution is 0.643. The summed E-state index contributed by atoms with van der Waals surface area (Å²) >= 11 is 0. The van der Waals surface area contributed by atoms with Gasteiger partial charge in [-0.05, 0) is 78.4 Å². The fourth-order valence-corrected chi connectivity index (χ4v) is 9.55. The van der Waals surface area contributed by atoms with Gasteiger partial charge in [-0.25, -0.2) is 15.0 Å². The van der Waals surface area contributed by atoms with Crippen LogP contribution in [0.3, 0.4) is 0 Å². The summed E-state index contributed by atoms with van der Waals surface area (Å²) in [6.07, 6.45) is 0. The van der Waals surface area contributed by atoms with Crippen molar-refractivity contribution < 1.29 is 4.42 Å². The van der Waals surface area contributed by atoms with Crippen LogP contribution in [0, 0.1) is 20.8 Å². The molecule has 10 aromatic rings. The Morgan fingerprint density at radius 3 is 1.57 bits per heavy atom. The normalized spacial score (nSPS) is 13.0. The van der Waals surface area contributed by atoms with Gasteiger partial charge in [0.15, 0.2) is 17.5 Å². The lowest BCUT2D eigenvalue weighted by atomic mass is 9.62. The number of aromatic nitrogens is 3. The number of anilines is 3. The fourth-order valence-electron chi connectivity index (χ4n) is 9.55. The monoisotopic (exact) mass is 772 g/mol. The Bertz CT molecular complexity index is 3140. The first kappa shape index (κ1) is 35.5. The third-order valence-electron chi connectivity index (χ3n) is 12.3. The number of hydrogen-bond acceptors (Lipinski definition) is 5. The minimum absolute atomic E-state index is 0.649. The zero-order chi connectivity index (χ0) is 40.4. The molecule has 5 heteroatoms. The predicted octanol–water partition coefficient (Wildman–Crippen LogP) is 13.9. The summed E-state index contributed by atoms with van der Waals surface area (Å²) in [5.41, 5.74) is 15.3. The van der Waals surface area contributed by atoms with E-state index in [1.54, 1.807) is 0 Å². The Morgan fingerprint density at radius 1 is 0.433 bits per heavy atom. The quantitative estimate of drug-likeness (QED) is 0.168. The first-order valence-corrected chi connectivity index (χ1v) is 20.5. The molecule has 60 heavy (non-hydrogen) atoms. The van der Waals surface area contributed by atoms with Gasteiger partial charge in [-0.3, -0.25) is 0 Å². The second kappa shape index (κ2) is 14.0. The number of benzene rings is 8. The summed E-state index contributed by atoms with van der Waals surface area (Å²) in [4.78, 5) is 17.8. The standard InChI is InChI=1S/C55H40N4O/c1-35-34-48(36(2)37(3)50(35)54-57-52(38-20-7-4-8-21-38)56-53(58-54)39-22-9-5-10-23-39)59-46-31-16-14-28-43(46)55(40-24-11-6-12-25-40,44-29-15-17-32-47(44)59)45-30-19-27-42-41-26-13-18-33-49(41)60-51(42)45/h4-34H,1-3H3. The first-order valence-electron chi connectivity index (χ1n) is 20.5. The van der Waals surface area contributed by atoms with Crippen LogP contribution in [0.25, 0.3) is 56.1 Å². The molecule has 11 rings (SSSR count). The zero-order valence-electron chi connectivity index (χ0n) is 33.6. The van der Waals surface area contributed by atoms with E-state index in [9.17, 15) is 0 Å². The van der Waals surface area contributed by atoms with Crippen molar-refractivity contribution in [3.8, 4) is 34.2 Å². The molecule has 1 aliphatic heterocycles. The molecule has 0 radical (unpaired) electrons. The van der Waals surface area contributed by atoms with Crippen LogP contribution in [-0.2, 0) is 5.41 Å². The average Bonchev–Trinajstić information content (AvgIpc) is 3.70. The summed E-state index contributed by atoms with van der Waals surface area (Å²) in [7, 11) is 0. The summed E-state index contributed by atoms with van der Waals surface area (Å²) in [6.45, 7) is 6.61. The third-order valence-corrected chi connectivity index (χ3v) is 12.3. The van der Waals surface area contributed by atoms with Gasteiger partial charge < -0.3 is 9.32 Å². The largest absolute Gasteiger partial charge is 0.456 e. The molecule has 0 saturated carbocycles. The summed E-state index contributed by atoms with van der Waals surface area (Å²) in [5, 5.41) is 2.22. The topological polar surface area (TPSA) is 55.1 Å². The van der Waals surface area contributed by atoms with Gasteiger partial charge >= 0.3 is 0 Å². The second-order valence-electron chi connectivity index (χ2n) is 15.6. The molecule has 0 fully saturated rings. The number of nitrogens with zero attached hydrogens (tertiary/aromatic N) is 4. The van der Waals surface area contributed by atoms with Crippen molar-refractivity contribution in [1.29, 1.82) is 0 Å². The van der Waals surface area contributed by atoms with Gasteiger partial charge in [0, 0.05) is 38.7 Å². The highest BCUT2D eigenvalue weighted by Gasteiger charge is 2.48. The zero-order valence-corrected chi connectivity index (χ0v) is 33.6. The minimum Gasteiger partial charge on any atom is -0.456 e. The highest BCUT2D eigenvalue weighted by molar-refractivity contribution is 6.07. The van der Waals surface area contributed by atoms with Crippen molar-refractivity contribution in [3.05, 3.63) is 227 Å². The molecule has 286 valence electrons. The molecule has 5 nitrogen and oxygen atoms in total. The molecule has 0 spiro atoms. The number of aryl methyl sites for hydroxylation is 1. The van der Waals surface area contributed by atoms with Crippen molar-refractivity contribution in [1.82, 2.24) is 15.0 Å². The minimum atomic E-state index is -0.706. The molecule has 2 aromatic heterocycles. The maximum absolute atomic E-state index is 6.87. The van der Waals surface area contributed by atoms with Gasteiger partial charge in [0.05, 0.1) is 16.8 Å². The van der Waals surface area contributed by atoms with Crippen LogP contribution in [0.5, 0.6) is 0 Å². The summed E-state index contributed by atoms with van der Waals surface area (Å²) < 4.78 is 6.87. The van der Waals surface area contributed by atoms with Crippen LogP contribution < -0.4 is 4.90 Å². The lowest BCUT2D eigenvalue weighted by Gasteiger charge is -2.46. The maximum Gasteiger partial charge on any atom is 0.164 e. The van der Waals surface area contributed by atoms with E-state index in [-0.39, 0.29) is 0 Å². The van der Waals surface area contributed by atoms with E-state index in [4.69, 9.17) is 19.4 Å². The molecular weight excluding hydrogens is 733 g/mol. The predicted molar refractivity (Wildman–Crippen MR) is 244 cm³/mol. The van der Waals surface area contributed by atoms with Gasteiger partial charge in [0.2, 0.25) is 0 Å². The van der Waals surface area contributed by atoms with E-state index < -0.39 is 5.41 Å². The molecule has 0 atom stereocenters. The number of rotatable bonds is 6. The van der Waals surface area contributed by atoms with Crippen molar-refractivity contribution in [2.75, 3.05) is 4.90 Å². The highest BCUT2D eigenvalue weighted by atomic mass is 16.3. The molecule has 0 unspecified atom stereocenters. The lowest BCUT2D eigenvalue weighted by Crippen LogP contribution is -2.38. The van der Waals surface area contributed by atoms with E-state index in [1.165, 1.54) is 16.7 Å². The van der Waals surface area contributed by atoms with Crippen LogP contribution in [0.4, 0.5) is 17.1 Å². The maximum atomic E-state index is 6.87. The average molecular weight is 773 g/mol. The molecule has 8 aromatic carbocycles. The van der Waals surface area contributed by atoms with E-state index >= 15 is 0 Å². The molecule has 0 bridgehead atoms. The Morgan fingerprint density at radius 2 is 0.933 bits per heavy atom. The Hall–Kier alpha value is -7.63. The first-order chi connectivity index (χ1) is 29.5. The van der Waals surface area contributed by atoms with E-state index in [1.807, 2.05) is 42.5 Å². The molecular formula is C55H40N4O. The number of furan rings is 1. The van der Waals surface area contributed by atoms with Crippen LogP contribution in [-0.4, -0.2) is 15.0 Å². The van der Waals surface area contributed by atoms with E-state index in [0.717, 1.165) is 77.9 Å². The Kier molecular flexibility index (Phi) is 8.31. The molecule has 3 heterocycles. The molecule has 0 saturated heterocycles. The van der Waals surface area contributed by atoms with Crippen molar-refractivity contribution in [2.45, 2.75) is 26.2 Å². The number of hydrogen-bond donors (Lipinski definition) is 0. The van der Waals surface area contributed by atoms with Gasteiger partial charge in [0.1, 0.15) is 11.2 Å². The van der Waals surface area contributed by atoms with Crippen molar-refractivity contribution in [2.24, 2.45) is 0 Å². The van der Waals surface area contributed by atoms with E-state index in [2.05, 4.69) is 171 Å². The smallest absolute Gasteiger partial charge is 0.164 e. The highest BCUT2D eigenvalue weighted by Crippen LogP contribution is 2.59. The molecule has 0 amide bonds. The molecule has 0 N–H and O–H groups in total.